The topological polar surface area (TPSA) is 66.8 Å². The maximum atomic E-state index is 11.2. The van der Waals surface area contributed by atoms with Gasteiger partial charge in [-0.1, -0.05) is 24.3 Å². The number of hydrogen-bond acceptors (Lipinski definition) is 4. The Kier molecular flexibility index (Phi) is 3.17. The molecule has 0 bridgehead atoms. The molecular formula is C13H16O4. The van der Waals surface area contributed by atoms with E-state index in [1.165, 1.54) is 7.11 Å². The van der Waals surface area contributed by atoms with Crippen molar-refractivity contribution in [2.45, 2.75) is 24.4 Å². The van der Waals surface area contributed by atoms with Crippen LogP contribution in [0.3, 0.4) is 0 Å². The van der Waals surface area contributed by atoms with E-state index in [2.05, 4.69) is 4.74 Å². The van der Waals surface area contributed by atoms with Crippen molar-refractivity contribution in [3.05, 3.63) is 35.4 Å². The van der Waals surface area contributed by atoms with Crippen LogP contribution in [-0.2, 0) is 14.9 Å². The molecule has 0 spiro atoms. The second-order valence-electron chi connectivity index (χ2n) is 4.49. The molecule has 1 unspecified atom stereocenters. The first kappa shape index (κ1) is 12.1. The highest BCUT2D eigenvalue weighted by Gasteiger charge is 2.43. The summed E-state index contributed by atoms with van der Waals surface area (Å²) in [5, 5.41) is 18.9. The molecule has 0 heterocycles. The van der Waals surface area contributed by atoms with Crippen LogP contribution in [-0.4, -0.2) is 29.9 Å². The van der Waals surface area contributed by atoms with Gasteiger partial charge in [0.25, 0.3) is 0 Å². The molecule has 1 fully saturated rings. The second kappa shape index (κ2) is 4.47. The van der Waals surface area contributed by atoms with Crippen molar-refractivity contribution in [3.63, 3.8) is 0 Å². The molecule has 1 aliphatic rings. The van der Waals surface area contributed by atoms with Crippen LogP contribution in [0.1, 0.15) is 30.1 Å². The Labute approximate surface area is 99.8 Å². The molecule has 0 saturated heterocycles. The van der Waals surface area contributed by atoms with E-state index < -0.39 is 12.1 Å². The average Bonchev–Trinajstić information content (AvgIpc) is 3.18. The Balaban J connectivity index is 2.16. The van der Waals surface area contributed by atoms with Crippen molar-refractivity contribution in [1.82, 2.24) is 0 Å². The smallest absolute Gasteiger partial charge is 0.339 e. The first-order valence-electron chi connectivity index (χ1n) is 5.60. The zero-order chi connectivity index (χ0) is 12.5. The normalized spacial score (nSPS) is 18.5. The van der Waals surface area contributed by atoms with Gasteiger partial charge in [-0.3, -0.25) is 0 Å². The van der Waals surface area contributed by atoms with Gasteiger partial charge in [0.15, 0.2) is 6.10 Å². The Morgan fingerprint density at radius 2 is 2.00 bits per heavy atom. The van der Waals surface area contributed by atoms with E-state index in [0.717, 1.165) is 18.4 Å². The summed E-state index contributed by atoms with van der Waals surface area (Å²) in [4.78, 5) is 11.2. The second-order valence-corrected chi connectivity index (χ2v) is 4.49. The molecule has 4 heteroatoms. The number of hydrogen-bond donors (Lipinski definition) is 2. The summed E-state index contributed by atoms with van der Waals surface area (Å²) in [5.41, 5.74) is 1.48. The van der Waals surface area contributed by atoms with Crippen LogP contribution < -0.4 is 0 Å². The van der Waals surface area contributed by atoms with Gasteiger partial charge in [-0.15, -0.1) is 0 Å². The van der Waals surface area contributed by atoms with Crippen LogP contribution in [0.4, 0.5) is 0 Å². The number of ether oxygens (including phenoxy) is 1. The molecule has 2 N–H and O–H groups in total. The largest absolute Gasteiger partial charge is 0.467 e. The molecule has 0 aromatic heterocycles. The third-order valence-corrected chi connectivity index (χ3v) is 3.42. The first-order valence-corrected chi connectivity index (χ1v) is 5.60. The number of benzene rings is 1. The van der Waals surface area contributed by atoms with Gasteiger partial charge < -0.3 is 14.9 Å². The van der Waals surface area contributed by atoms with Gasteiger partial charge in [0.05, 0.1) is 13.7 Å². The molecule has 0 amide bonds. The summed E-state index contributed by atoms with van der Waals surface area (Å²) >= 11 is 0. The molecule has 1 saturated carbocycles. The lowest BCUT2D eigenvalue weighted by Gasteiger charge is -2.14. The van der Waals surface area contributed by atoms with Crippen LogP contribution in [0.25, 0.3) is 0 Å². The highest BCUT2D eigenvalue weighted by molar-refractivity contribution is 5.76. The van der Waals surface area contributed by atoms with E-state index >= 15 is 0 Å². The fraction of sp³-hybridized carbons (Fsp3) is 0.462. The quantitative estimate of drug-likeness (QED) is 0.763. The van der Waals surface area contributed by atoms with Crippen molar-refractivity contribution >= 4 is 5.97 Å². The van der Waals surface area contributed by atoms with Gasteiger partial charge >= 0.3 is 5.97 Å². The zero-order valence-electron chi connectivity index (χ0n) is 9.72. The van der Waals surface area contributed by atoms with E-state index in [0.29, 0.717) is 5.56 Å². The lowest BCUT2D eigenvalue weighted by Crippen LogP contribution is -2.15. The lowest BCUT2D eigenvalue weighted by molar-refractivity contribution is -0.150. The summed E-state index contributed by atoms with van der Waals surface area (Å²) in [6.45, 7) is 0.145. The Hall–Kier alpha value is -1.39. The monoisotopic (exact) mass is 236 g/mol. The Bertz CT molecular complexity index is 406. The predicted octanol–water partition coefficient (Wildman–Crippen LogP) is 0.917. The average molecular weight is 236 g/mol. The van der Waals surface area contributed by atoms with E-state index in [9.17, 15) is 15.0 Å². The van der Waals surface area contributed by atoms with Crippen molar-refractivity contribution in [1.29, 1.82) is 0 Å². The van der Waals surface area contributed by atoms with Crippen molar-refractivity contribution in [2.24, 2.45) is 0 Å². The molecule has 0 aliphatic heterocycles. The first-order chi connectivity index (χ1) is 8.13. The molecular weight excluding hydrogens is 220 g/mol. The van der Waals surface area contributed by atoms with Crippen LogP contribution >= 0.6 is 0 Å². The minimum atomic E-state index is -1.24. The number of esters is 1. The molecule has 17 heavy (non-hydrogen) atoms. The number of rotatable bonds is 4. The van der Waals surface area contributed by atoms with Crippen molar-refractivity contribution in [2.75, 3.05) is 13.7 Å². The van der Waals surface area contributed by atoms with Gasteiger partial charge in [0.2, 0.25) is 0 Å². The molecule has 1 atom stereocenters. The molecule has 0 radical (unpaired) electrons. The van der Waals surface area contributed by atoms with E-state index in [1.54, 1.807) is 12.1 Å². The highest BCUT2D eigenvalue weighted by Crippen LogP contribution is 2.47. The van der Waals surface area contributed by atoms with E-state index in [-0.39, 0.29) is 12.0 Å². The minimum Gasteiger partial charge on any atom is -0.467 e. The molecule has 92 valence electrons. The fourth-order valence-electron chi connectivity index (χ4n) is 1.96. The number of carbonyl (C=O) groups is 1. The van der Waals surface area contributed by atoms with Gasteiger partial charge in [-0.25, -0.2) is 4.79 Å². The van der Waals surface area contributed by atoms with Gasteiger partial charge in [0, 0.05) is 5.41 Å². The number of aliphatic hydroxyl groups excluding tert-OH is 2. The molecule has 1 aliphatic carbocycles. The van der Waals surface area contributed by atoms with Crippen molar-refractivity contribution < 1.29 is 19.7 Å². The maximum absolute atomic E-state index is 11.2. The molecule has 2 rings (SSSR count). The Morgan fingerprint density at radius 3 is 2.41 bits per heavy atom. The Morgan fingerprint density at radius 1 is 1.41 bits per heavy atom. The predicted molar refractivity (Wildman–Crippen MR) is 61.4 cm³/mol. The molecule has 4 nitrogen and oxygen atoms in total. The van der Waals surface area contributed by atoms with Crippen LogP contribution in [0, 0.1) is 0 Å². The summed E-state index contributed by atoms with van der Waals surface area (Å²) in [5.74, 6) is -0.666. The number of carbonyl (C=O) groups excluding carboxylic acids is 1. The summed E-state index contributed by atoms with van der Waals surface area (Å²) in [6.07, 6.45) is 0.739. The SMILES string of the molecule is COC(=O)C(O)c1ccc(C2(CO)CC2)cc1. The fourth-order valence-corrected chi connectivity index (χ4v) is 1.96. The van der Waals surface area contributed by atoms with Crippen LogP contribution in [0.15, 0.2) is 24.3 Å². The minimum absolute atomic E-state index is 0.0885. The third kappa shape index (κ3) is 2.18. The van der Waals surface area contributed by atoms with Crippen molar-refractivity contribution in [3.8, 4) is 0 Å². The maximum Gasteiger partial charge on any atom is 0.339 e. The lowest BCUT2D eigenvalue weighted by atomic mass is 9.95. The van der Waals surface area contributed by atoms with E-state index in [1.807, 2.05) is 12.1 Å². The van der Waals surface area contributed by atoms with E-state index in [4.69, 9.17) is 0 Å². The summed E-state index contributed by atoms with van der Waals surface area (Å²) in [7, 11) is 1.24. The zero-order valence-corrected chi connectivity index (χ0v) is 9.72. The standard InChI is InChI=1S/C13H16O4/c1-17-12(16)11(15)9-2-4-10(5-3-9)13(8-14)6-7-13/h2-5,11,14-15H,6-8H2,1H3. The summed E-state index contributed by atoms with van der Waals surface area (Å²) < 4.78 is 4.47. The highest BCUT2D eigenvalue weighted by atomic mass is 16.5. The number of methoxy groups -OCH3 is 1. The van der Waals surface area contributed by atoms with Gasteiger partial charge in [0.1, 0.15) is 0 Å². The molecule has 1 aromatic rings. The number of aliphatic hydroxyl groups is 2. The summed E-state index contributed by atoms with van der Waals surface area (Å²) in [6, 6.07) is 7.11. The van der Waals surface area contributed by atoms with Crippen LogP contribution in [0.2, 0.25) is 0 Å². The van der Waals surface area contributed by atoms with Crippen LogP contribution in [0.5, 0.6) is 0 Å². The molecule has 1 aromatic carbocycles. The van der Waals surface area contributed by atoms with Gasteiger partial charge in [-0.2, -0.15) is 0 Å². The third-order valence-electron chi connectivity index (χ3n) is 3.42. The van der Waals surface area contributed by atoms with Gasteiger partial charge in [-0.05, 0) is 24.0 Å².